The largest absolute Gasteiger partial charge is 0.444 e. The number of alkyl halides is 3. The van der Waals surface area contributed by atoms with Gasteiger partial charge in [-0.15, -0.1) is 0 Å². The number of nitrogens with one attached hydrogen (secondary N) is 1. The molecule has 1 aliphatic heterocycles. The van der Waals surface area contributed by atoms with E-state index in [1.54, 1.807) is 40.0 Å². The predicted octanol–water partition coefficient (Wildman–Crippen LogP) is 5.31. The van der Waals surface area contributed by atoms with Gasteiger partial charge in [0, 0.05) is 32.7 Å². The zero-order valence-corrected chi connectivity index (χ0v) is 22.2. The van der Waals surface area contributed by atoms with Gasteiger partial charge in [0.2, 0.25) is 5.91 Å². The number of benzene rings is 1. The molecule has 1 aliphatic carbocycles. The minimum absolute atomic E-state index is 0.0156. The van der Waals surface area contributed by atoms with Crippen LogP contribution < -0.4 is 5.32 Å². The molecule has 1 N–H and O–H groups in total. The van der Waals surface area contributed by atoms with Crippen LogP contribution in [0.4, 0.5) is 18.0 Å². The summed E-state index contributed by atoms with van der Waals surface area (Å²) in [6, 6.07) is 4.74. The number of halogens is 3. The molecule has 2 aliphatic rings. The fourth-order valence-electron chi connectivity index (χ4n) is 5.35. The van der Waals surface area contributed by atoms with Gasteiger partial charge in [0.25, 0.3) is 0 Å². The average molecular weight is 512 g/mol. The number of likely N-dealkylation sites (N-methyl/N-ethyl adjacent to an activating group) is 1. The molecule has 0 spiro atoms. The number of fused-ring (bicyclic) bond motifs is 1. The minimum Gasteiger partial charge on any atom is -0.444 e. The quantitative estimate of drug-likeness (QED) is 0.539. The van der Waals surface area contributed by atoms with E-state index in [4.69, 9.17) is 4.74 Å². The van der Waals surface area contributed by atoms with Crippen LogP contribution in [-0.4, -0.2) is 59.6 Å². The lowest BCUT2D eigenvalue weighted by Crippen LogP contribution is -2.52. The highest BCUT2D eigenvalue weighted by atomic mass is 19.4. The van der Waals surface area contributed by atoms with Gasteiger partial charge in [-0.05, 0) is 75.5 Å². The molecule has 0 aromatic heterocycles. The fraction of sp³-hybridized carbons (Fsp3) is 0.704. The topological polar surface area (TPSA) is 61.9 Å². The smallest absolute Gasteiger partial charge is 0.416 e. The standard InChI is InChI=1S/C27H40F3N3O3/c1-17(2)13-23(32(6)25(35)36-26(3,4)5)24(34)31-22-12-9-19-15-33(16-21(19)22)14-18-7-10-20(11-8-18)27(28,29)30/h7-8,10-11,17,19,21-23H,9,12-16H2,1-6H3,(H,31,34)/t19-,21+,22+,23+/m1/s1. The molecule has 0 radical (unpaired) electrons. The first-order chi connectivity index (χ1) is 16.6. The van der Waals surface area contributed by atoms with Gasteiger partial charge in [-0.25, -0.2) is 4.79 Å². The van der Waals surface area contributed by atoms with E-state index in [2.05, 4.69) is 10.2 Å². The predicted molar refractivity (Wildman–Crippen MR) is 132 cm³/mol. The van der Waals surface area contributed by atoms with E-state index in [9.17, 15) is 22.8 Å². The highest BCUT2D eigenvalue weighted by Gasteiger charge is 2.44. The third-order valence-corrected chi connectivity index (χ3v) is 7.09. The Morgan fingerprint density at radius 3 is 2.31 bits per heavy atom. The first-order valence-electron chi connectivity index (χ1n) is 12.8. The summed E-state index contributed by atoms with van der Waals surface area (Å²) in [7, 11) is 1.61. The Hall–Kier alpha value is -2.29. The van der Waals surface area contributed by atoms with Gasteiger partial charge in [0.05, 0.1) is 5.56 Å². The Labute approximate surface area is 212 Å². The van der Waals surface area contributed by atoms with Gasteiger partial charge in [0.15, 0.2) is 0 Å². The normalized spacial score (nSPS) is 23.4. The summed E-state index contributed by atoms with van der Waals surface area (Å²) in [4.78, 5) is 29.7. The number of carbonyl (C=O) groups excluding carboxylic acids is 2. The number of nitrogens with zero attached hydrogens (tertiary/aromatic N) is 2. The second kappa shape index (κ2) is 11.0. The fourth-order valence-corrected chi connectivity index (χ4v) is 5.35. The molecule has 1 aromatic rings. The van der Waals surface area contributed by atoms with Crippen molar-refractivity contribution in [3.63, 3.8) is 0 Å². The number of ether oxygens (including phenoxy) is 1. The van der Waals surface area contributed by atoms with E-state index in [0.717, 1.165) is 43.6 Å². The van der Waals surface area contributed by atoms with Crippen LogP contribution in [0.2, 0.25) is 0 Å². The molecule has 6 nitrogen and oxygen atoms in total. The maximum atomic E-state index is 13.4. The molecule has 0 unspecified atom stereocenters. The van der Waals surface area contributed by atoms with Crippen LogP contribution in [0, 0.1) is 17.8 Å². The van der Waals surface area contributed by atoms with E-state index < -0.39 is 29.5 Å². The van der Waals surface area contributed by atoms with Crippen LogP contribution in [0.1, 0.15) is 65.0 Å². The van der Waals surface area contributed by atoms with Crippen molar-refractivity contribution in [3.05, 3.63) is 35.4 Å². The molecule has 4 atom stereocenters. The molecule has 2 amide bonds. The van der Waals surface area contributed by atoms with Crippen LogP contribution in [-0.2, 0) is 22.3 Å². The van der Waals surface area contributed by atoms with Gasteiger partial charge in [0.1, 0.15) is 11.6 Å². The summed E-state index contributed by atoms with van der Waals surface area (Å²) in [5, 5.41) is 3.22. The van der Waals surface area contributed by atoms with Gasteiger partial charge < -0.3 is 10.1 Å². The number of rotatable bonds is 7. The van der Waals surface area contributed by atoms with Crippen molar-refractivity contribution < 1.29 is 27.5 Å². The number of hydrogen-bond acceptors (Lipinski definition) is 4. The molecule has 1 saturated heterocycles. The number of hydrogen-bond donors (Lipinski definition) is 1. The Bertz CT molecular complexity index is 912. The second-order valence-corrected chi connectivity index (χ2v) is 11.7. The van der Waals surface area contributed by atoms with Crippen LogP contribution in [0.15, 0.2) is 24.3 Å². The van der Waals surface area contributed by atoms with Crippen molar-refractivity contribution in [2.75, 3.05) is 20.1 Å². The highest BCUT2D eigenvalue weighted by Crippen LogP contribution is 2.39. The van der Waals surface area contributed by atoms with Crippen molar-refractivity contribution in [1.29, 1.82) is 0 Å². The third kappa shape index (κ3) is 7.37. The lowest BCUT2D eigenvalue weighted by atomic mass is 9.96. The summed E-state index contributed by atoms with van der Waals surface area (Å²) in [5.74, 6) is 0.781. The van der Waals surface area contributed by atoms with E-state index >= 15 is 0 Å². The van der Waals surface area contributed by atoms with E-state index in [0.29, 0.717) is 18.9 Å². The zero-order valence-electron chi connectivity index (χ0n) is 22.2. The molecule has 36 heavy (non-hydrogen) atoms. The van der Waals surface area contributed by atoms with Crippen molar-refractivity contribution >= 4 is 12.0 Å². The van der Waals surface area contributed by atoms with E-state index in [-0.39, 0.29) is 23.8 Å². The first-order valence-corrected chi connectivity index (χ1v) is 12.8. The Kier molecular flexibility index (Phi) is 8.63. The van der Waals surface area contributed by atoms with Crippen molar-refractivity contribution in [3.8, 4) is 0 Å². The maximum absolute atomic E-state index is 13.4. The molecular formula is C27H40F3N3O3. The number of likely N-dealkylation sites (tertiary alicyclic amines) is 1. The van der Waals surface area contributed by atoms with E-state index in [1.807, 2.05) is 13.8 Å². The average Bonchev–Trinajstić information content (AvgIpc) is 3.31. The third-order valence-electron chi connectivity index (χ3n) is 7.09. The minimum atomic E-state index is -4.33. The second-order valence-electron chi connectivity index (χ2n) is 11.7. The van der Waals surface area contributed by atoms with Crippen molar-refractivity contribution in [2.45, 2.75) is 84.3 Å². The molecule has 1 heterocycles. The molecular weight excluding hydrogens is 471 g/mol. The summed E-state index contributed by atoms with van der Waals surface area (Å²) >= 11 is 0. The zero-order chi connectivity index (χ0) is 26.8. The highest BCUT2D eigenvalue weighted by molar-refractivity contribution is 5.86. The Morgan fingerprint density at radius 1 is 1.11 bits per heavy atom. The van der Waals surface area contributed by atoms with Crippen LogP contribution in [0.5, 0.6) is 0 Å². The van der Waals surface area contributed by atoms with Crippen LogP contribution in [0.3, 0.4) is 0 Å². The maximum Gasteiger partial charge on any atom is 0.416 e. The van der Waals surface area contributed by atoms with Gasteiger partial charge in [-0.3, -0.25) is 14.6 Å². The van der Waals surface area contributed by atoms with Crippen molar-refractivity contribution in [1.82, 2.24) is 15.1 Å². The summed E-state index contributed by atoms with van der Waals surface area (Å²) < 4.78 is 44.0. The van der Waals surface area contributed by atoms with Gasteiger partial charge in [-0.2, -0.15) is 13.2 Å². The van der Waals surface area contributed by atoms with E-state index in [1.165, 1.54) is 4.90 Å². The summed E-state index contributed by atoms with van der Waals surface area (Å²) in [6.07, 6.45) is -2.44. The molecule has 1 saturated carbocycles. The van der Waals surface area contributed by atoms with Gasteiger partial charge in [-0.1, -0.05) is 26.0 Å². The molecule has 202 valence electrons. The molecule has 3 rings (SSSR count). The first kappa shape index (κ1) is 28.3. The number of carbonyl (C=O) groups is 2. The lowest BCUT2D eigenvalue weighted by Gasteiger charge is -2.32. The number of amides is 2. The molecule has 0 bridgehead atoms. The SMILES string of the molecule is CC(C)C[C@@H](C(=O)N[C@H]1CC[C@@H]2CN(Cc3ccc(C(F)(F)F)cc3)C[C@@H]21)N(C)C(=O)OC(C)(C)C. The van der Waals surface area contributed by atoms with Gasteiger partial charge >= 0.3 is 12.3 Å². The molecule has 2 fully saturated rings. The van der Waals surface area contributed by atoms with Crippen LogP contribution >= 0.6 is 0 Å². The summed E-state index contributed by atoms with van der Waals surface area (Å²) in [6.45, 7) is 11.7. The van der Waals surface area contributed by atoms with Crippen LogP contribution in [0.25, 0.3) is 0 Å². The summed E-state index contributed by atoms with van der Waals surface area (Å²) in [5.41, 5.74) is -0.442. The monoisotopic (exact) mass is 511 g/mol. The molecule has 1 aromatic carbocycles. The molecule has 9 heteroatoms. The Morgan fingerprint density at radius 2 is 1.75 bits per heavy atom. The lowest BCUT2D eigenvalue weighted by molar-refractivity contribution is -0.137. The van der Waals surface area contributed by atoms with Crippen molar-refractivity contribution in [2.24, 2.45) is 17.8 Å². The Balaban J connectivity index is 1.60.